The molecule has 0 bridgehead atoms. The first kappa shape index (κ1) is 47.5. The summed E-state index contributed by atoms with van der Waals surface area (Å²) in [4.78, 5) is 42.9. The Balaban J connectivity index is 1.29. The Morgan fingerprint density at radius 2 is 1.22 bits per heavy atom. The Hall–Kier alpha value is -7.96. The van der Waals surface area contributed by atoms with Crippen molar-refractivity contribution in [3.05, 3.63) is 177 Å². The summed E-state index contributed by atoms with van der Waals surface area (Å²) < 4.78 is 79.0. The molecule has 0 unspecified atom stereocenters. The van der Waals surface area contributed by atoms with Crippen molar-refractivity contribution in [3.8, 4) is 22.5 Å². The Morgan fingerprint density at radius 3 is 1.90 bits per heavy atom. The quantitative estimate of drug-likeness (QED) is 0.0524. The lowest BCUT2D eigenvalue weighted by molar-refractivity contribution is 0.0692. The number of aryl methyl sites for hydroxylation is 2. The number of benzene rings is 7. The molecule has 6 N–H and O–H groups in total. The van der Waals surface area contributed by atoms with Crippen molar-refractivity contribution in [2.45, 2.75) is 51.3 Å². The minimum atomic E-state index is -4.83. The van der Waals surface area contributed by atoms with Gasteiger partial charge >= 0.3 is 5.97 Å². The number of carboxylic acids is 1. The maximum absolute atomic E-state index is 13.5. The van der Waals surface area contributed by atoms with E-state index < -0.39 is 42.9 Å². The van der Waals surface area contributed by atoms with Crippen molar-refractivity contribution < 1.29 is 49.8 Å². The summed E-state index contributed by atoms with van der Waals surface area (Å²) in [7, 11) is -9.58. The van der Waals surface area contributed by atoms with Crippen LogP contribution in [0.5, 0.6) is 0 Å². The van der Waals surface area contributed by atoms with Crippen LogP contribution in [0.25, 0.3) is 33.4 Å². The van der Waals surface area contributed by atoms with Crippen molar-refractivity contribution >= 4 is 77.4 Å². The van der Waals surface area contributed by atoms with Gasteiger partial charge in [0.05, 0.1) is 27.9 Å². The second-order valence-electron chi connectivity index (χ2n) is 16.5. The van der Waals surface area contributed by atoms with E-state index in [2.05, 4.69) is 16.0 Å². The first-order chi connectivity index (χ1) is 32.6. The monoisotopic (exact) mass is 964 g/mol. The molecule has 8 rings (SSSR count). The fourth-order valence-electron chi connectivity index (χ4n) is 8.81. The Kier molecular flexibility index (Phi) is 12.6. The third kappa shape index (κ3) is 9.23. The highest BCUT2D eigenvalue weighted by Gasteiger charge is 2.28. The molecule has 0 aromatic heterocycles. The second kappa shape index (κ2) is 18.3. The first-order valence-corrected chi connectivity index (χ1v) is 24.1. The summed E-state index contributed by atoms with van der Waals surface area (Å²) in [5.41, 5.74) is 6.19. The van der Waals surface area contributed by atoms with E-state index in [1.807, 2.05) is 26.8 Å². The van der Waals surface area contributed by atoms with Crippen LogP contribution in [0.15, 0.2) is 141 Å². The number of carbonyl (C=O) groups is 3. The molecule has 1 aliphatic carbocycles. The maximum Gasteiger partial charge on any atom is 0.336 e. The van der Waals surface area contributed by atoms with Crippen LogP contribution in [0.1, 0.15) is 64.5 Å². The second-order valence-corrected chi connectivity index (χ2v) is 19.2. The number of anilines is 4. The van der Waals surface area contributed by atoms with Gasteiger partial charge in [-0.15, -0.1) is 0 Å². The van der Waals surface area contributed by atoms with Crippen molar-refractivity contribution in [2.75, 3.05) is 16.0 Å². The minimum absolute atomic E-state index is 0.00587. The van der Waals surface area contributed by atoms with Gasteiger partial charge in [0.1, 0.15) is 21.1 Å². The molecule has 0 saturated carbocycles. The number of aromatic carboxylic acids is 1. The van der Waals surface area contributed by atoms with Gasteiger partial charge in [-0.3, -0.25) is 18.7 Å². The van der Waals surface area contributed by atoms with Gasteiger partial charge in [0.2, 0.25) is 0 Å². The molecule has 350 valence electrons. The van der Waals surface area contributed by atoms with Gasteiger partial charge in [0.15, 0.2) is 0 Å². The molecule has 0 fully saturated rings. The number of carbonyl (C=O) groups excluding carboxylic acids is 2. The lowest BCUT2D eigenvalue weighted by Gasteiger charge is -2.21. The number of amides is 2. The van der Waals surface area contributed by atoms with E-state index in [1.54, 1.807) is 91.9 Å². The SMILES string of the molecule is Cc1cc(C)c(Nc2ccc3c(-c4ccccc4S(=O)(=O)O)c4ccc(=Nc5c(C)c(NC(=O)c6ccccc6)c(C)c(S(=O)(=O)O)c5C)cc-4oc3c2)c(C)c1NC(=O)c1ccccc1C(=O)O. The van der Waals surface area contributed by atoms with Gasteiger partial charge in [0, 0.05) is 56.8 Å². The van der Waals surface area contributed by atoms with Gasteiger partial charge in [-0.2, -0.15) is 16.8 Å². The van der Waals surface area contributed by atoms with Crippen LogP contribution >= 0.6 is 0 Å². The molecule has 1 aliphatic heterocycles. The average molecular weight is 965 g/mol. The zero-order chi connectivity index (χ0) is 49.7. The highest BCUT2D eigenvalue weighted by molar-refractivity contribution is 7.86. The molecule has 69 heavy (non-hydrogen) atoms. The molecule has 6 aromatic rings. The normalized spacial score (nSPS) is 12.0. The van der Waals surface area contributed by atoms with Gasteiger partial charge in [-0.1, -0.05) is 54.6 Å². The highest BCUT2D eigenvalue weighted by atomic mass is 32.2. The number of nitrogens with one attached hydrogen (secondary N) is 3. The molecular formula is C52H44N4O11S2. The Morgan fingerprint density at radius 1 is 0.580 bits per heavy atom. The van der Waals surface area contributed by atoms with Gasteiger partial charge in [-0.25, -0.2) is 9.79 Å². The minimum Gasteiger partial charge on any atom is -0.478 e. The molecule has 0 saturated heterocycles. The van der Waals surface area contributed by atoms with Crippen molar-refractivity contribution in [3.63, 3.8) is 0 Å². The topological polar surface area (TPSA) is 242 Å². The zero-order valence-electron chi connectivity index (χ0n) is 37.9. The van der Waals surface area contributed by atoms with E-state index in [-0.39, 0.29) is 60.8 Å². The van der Waals surface area contributed by atoms with E-state index in [0.717, 1.165) is 11.1 Å². The number of hydrogen-bond donors (Lipinski definition) is 6. The third-order valence-electron chi connectivity index (χ3n) is 11.9. The summed E-state index contributed by atoms with van der Waals surface area (Å²) in [6.07, 6.45) is 0. The Labute approximate surface area is 397 Å². The summed E-state index contributed by atoms with van der Waals surface area (Å²) in [6, 6.07) is 32.1. The molecule has 1 heterocycles. The number of rotatable bonds is 11. The van der Waals surface area contributed by atoms with E-state index >= 15 is 0 Å². The lowest BCUT2D eigenvalue weighted by Crippen LogP contribution is -2.18. The lowest BCUT2D eigenvalue weighted by atomic mass is 9.93. The van der Waals surface area contributed by atoms with Crippen LogP contribution in [0, 0.1) is 41.5 Å². The molecule has 17 heteroatoms. The predicted octanol–water partition coefficient (Wildman–Crippen LogP) is 10.7. The number of hydrogen-bond acceptors (Lipinski definition) is 10. The molecule has 0 radical (unpaired) electrons. The van der Waals surface area contributed by atoms with Crippen LogP contribution in [0.4, 0.5) is 28.4 Å². The molecule has 15 nitrogen and oxygen atoms in total. The molecule has 6 aromatic carbocycles. The fraction of sp³-hybridized carbons (Fsp3) is 0.115. The molecule has 2 aliphatic rings. The maximum atomic E-state index is 13.5. The van der Waals surface area contributed by atoms with E-state index in [4.69, 9.17) is 9.41 Å². The number of nitrogens with zero attached hydrogens (tertiary/aromatic N) is 1. The smallest absolute Gasteiger partial charge is 0.336 e. The molecule has 0 atom stereocenters. The summed E-state index contributed by atoms with van der Waals surface area (Å²) >= 11 is 0. The van der Waals surface area contributed by atoms with E-state index in [9.17, 15) is 45.4 Å². The Bertz CT molecular complexity index is 3740. The average Bonchev–Trinajstić information content (AvgIpc) is 3.30. The van der Waals surface area contributed by atoms with Gasteiger partial charge in [-0.05, 0) is 130 Å². The molecule has 0 spiro atoms. The van der Waals surface area contributed by atoms with E-state index in [0.29, 0.717) is 50.3 Å². The summed E-state index contributed by atoms with van der Waals surface area (Å²) in [6.45, 7) is 10.2. The van der Waals surface area contributed by atoms with E-state index in [1.165, 1.54) is 44.2 Å². The predicted molar refractivity (Wildman–Crippen MR) is 263 cm³/mol. The molecule has 2 amide bonds. The van der Waals surface area contributed by atoms with Gasteiger partial charge < -0.3 is 25.5 Å². The van der Waals surface area contributed by atoms with Crippen LogP contribution < -0.4 is 21.3 Å². The highest BCUT2D eigenvalue weighted by Crippen LogP contribution is 2.44. The summed E-state index contributed by atoms with van der Waals surface area (Å²) in [5, 5.41) is 19.6. The van der Waals surface area contributed by atoms with Crippen molar-refractivity contribution in [1.29, 1.82) is 0 Å². The van der Waals surface area contributed by atoms with Crippen LogP contribution in [-0.2, 0) is 20.2 Å². The molecular weight excluding hydrogens is 921 g/mol. The fourth-order valence-corrected chi connectivity index (χ4v) is 10.5. The van der Waals surface area contributed by atoms with Crippen LogP contribution in [0.2, 0.25) is 0 Å². The van der Waals surface area contributed by atoms with Crippen molar-refractivity contribution in [2.24, 2.45) is 4.99 Å². The number of carboxylic acid groups (broad SMARTS) is 1. The number of fused-ring (bicyclic) bond motifs is 2. The van der Waals surface area contributed by atoms with Gasteiger partial charge in [0.25, 0.3) is 32.1 Å². The summed E-state index contributed by atoms with van der Waals surface area (Å²) in [5.74, 6) is -2.14. The third-order valence-corrected chi connectivity index (χ3v) is 14.0. The van der Waals surface area contributed by atoms with Crippen LogP contribution in [0.3, 0.4) is 0 Å². The van der Waals surface area contributed by atoms with Crippen LogP contribution in [-0.4, -0.2) is 48.8 Å². The zero-order valence-corrected chi connectivity index (χ0v) is 39.6. The first-order valence-electron chi connectivity index (χ1n) is 21.3. The van der Waals surface area contributed by atoms with Crippen molar-refractivity contribution in [1.82, 2.24) is 0 Å². The largest absolute Gasteiger partial charge is 0.478 e. The standard InChI is InChI=1S/C52H44N4O11S2/c1-27-24-28(2)46(55-51(58)36-16-10-11-17-37(36)52(59)60)29(3)45(27)53-34-20-22-38-41(25-34)67-42-26-35(21-23-39(42)44(38)40-18-12-13-19-43(40)68(61,62)63)54-47-30(4)48(32(6)49(31(47)5)69(64,65)66)56-50(57)33-14-8-7-9-15-33/h7-26,53H,1-6H3,(H,55,58)(H,56,57)(H,59,60)(H,61,62,63)(H,64,65,66).